The molecule has 1 aromatic carbocycles. The third-order valence-electron chi connectivity index (χ3n) is 2.58. The van der Waals surface area contributed by atoms with E-state index in [0.717, 1.165) is 11.1 Å². The largest absolute Gasteiger partial charge is 0.392 e. The number of aliphatic hydroxyl groups is 1. The maximum atomic E-state index is 11.8. The summed E-state index contributed by atoms with van der Waals surface area (Å²) in [5.41, 5.74) is 2.45. The van der Waals surface area contributed by atoms with E-state index in [-0.39, 0.29) is 18.3 Å². The van der Waals surface area contributed by atoms with Gasteiger partial charge in [0.25, 0.3) is 5.91 Å². The standard InChI is InChI=1S/C13H14N2O3/c1-9-6-15-18-12(9)13(17)14-7-10-3-2-4-11(5-10)8-16/h2-6,16H,7-8H2,1H3,(H,14,17). The molecule has 0 bridgehead atoms. The predicted molar refractivity (Wildman–Crippen MR) is 64.8 cm³/mol. The summed E-state index contributed by atoms with van der Waals surface area (Å²) in [5, 5.41) is 15.3. The lowest BCUT2D eigenvalue weighted by atomic mass is 10.1. The van der Waals surface area contributed by atoms with E-state index in [2.05, 4.69) is 10.5 Å². The van der Waals surface area contributed by atoms with Crippen molar-refractivity contribution in [3.63, 3.8) is 0 Å². The minimum absolute atomic E-state index is 0.0109. The van der Waals surface area contributed by atoms with Crippen LogP contribution in [-0.4, -0.2) is 16.2 Å². The first kappa shape index (κ1) is 12.3. The van der Waals surface area contributed by atoms with Crippen molar-refractivity contribution >= 4 is 5.91 Å². The highest BCUT2D eigenvalue weighted by Gasteiger charge is 2.13. The number of aromatic nitrogens is 1. The van der Waals surface area contributed by atoms with Gasteiger partial charge in [-0.2, -0.15) is 0 Å². The Kier molecular flexibility index (Phi) is 3.74. The zero-order valence-corrected chi connectivity index (χ0v) is 10.0. The van der Waals surface area contributed by atoms with Crippen LogP contribution in [0.3, 0.4) is 0 Å². The van der Waals surface area contributed by atoms with Crippen molar-refractivity contribution in [3.05, 3.63) is 52.9 Å². The molecule has 5 heteroatoms. The molecule has 0 saturated carbocycles. The summed E-state index contributed by atoms with van der Waals surface area (Å²) in [6, 6.07) is 7.39. The van der Waals surface area contributed by atoms with E-state index in [9.17, 15) is 4.79 Å². The summed E-state index contributed by atoms with van der Waals surface area (Å²) in [6.45, 7) is 2.13. The minimum Gasteiger partial charge on any atom is -0.392 e. The first-order valence-electron chi connectivity index (χ1n) is 5.59. The topological polar surface area (TPSA) is 75.4 Å². The zero-order valence-electron chi connectivity index (χ0n) is 10.0. The van der Waals surface area contributed by atoms with Crippen LogP contribution in [0.1, 0.15) is 27.2 Å². The molecule has 0 aliphatic rings. The number of carbonyl (C=O) groups is 1. The molecule has 18 heavy (non-hydrogen) atoms. The Morgan fingerprint density at radius 1 is 1.44 bits per heavy atom. The summed E-state index contributed by atoms with van der Waals surface area (Å²) < 4.78 is 4.86. The first-order valence-corrected chi connectivity index (χ1v) is 5.59. The van der Waals surface area contributed by atoms with Crippen molar-refractivity contribution in [1.29, 1.82) is 0 Å². The van der Waals surface area contributed by atoms with Gasteiger partial charge in [-0.05, 0) is 18.1 Å². The minimum atomic E-state index is -0.292. The van der Waals surface area contributed by atoms with E-state index >= 15 is 0 Å². The van der Waals surface area contributed by atoms with Gasteiger partial charge >= 0.3 is 0 Å². The molecule has 1 aromatic heterocycles. The van der Waals surface area contributed by atoms with Crippen LogP contribution >= 0.6 is 0 Å². The van der Waals surface area contributed by atoms with E-state index in [1.54, 1.807) is 6.92 Å². The molecular weight excluding hydrogens is 232 g/mol. The number of rotatable bonds is 4. The molecule has 2 aromatic rings. The molecule has 2 rings (SSSR count). The Morgan fingerprint density at radius 2 is 2.22 bits per heavy atom. The Labute approximate surface area is 104 Å². The van der Waals surface area contributed by atoms with Gasteiger partial charge in [0.1, 0.15) is 0 Å². The summed E-state index contributed by atoms with van der Waals surface area (Å²) in [5.74, 6) is -0.0623. The van der Waals surface area contributed by atoms with Crippen LogP contribution in [0.4, 0.5) is 0 Å². The number of hydrogen-bond donors (Lipinski definition) is 2. The molecule has 0 unspecified atom stereocenters. The average molecular weight is 246 g/mol. The summed E-state index contributed by atoms with van der Waals surface area (Å²) in [7, 11) is 0. The van der Waals surface area contributed by atoms with Gasteiger partial charge in [-0.1, -0.05) is 29.4 Å². The van der Waals surface area contributed by atoms with Crippen LogP contribution in [0.2, 0.25) is 0 Å². The fourth-order valence-electron chi connectivity index (χ4n) is 1.61. The molecular formula is C13H14N2O3. The highest BCUT2D eigenvalue weighted by molar-refractivity contribution is 5.92. The van der Waals surface area contributed by atoms with E-state index in [0.29, 0.717) is 12.1 Å². The Bertz CT molecular complexity index is 549. The molecule has 0 fully saturated rings. The number of nitrogens with one attached hydrogen (secondary N) is 1. The Hall–Kier alpha value is -2.14. The van der Waals surface area contributed by atoms with Crippen LogP contribution in [0.25, 0.3) is 0 Å². The van der Waals surface area contributed by atoms with Gasteiger partial charge in [0.2, 0.25) is 5.76 Å². The maximum absolute atomic E-state index is 11.8. The number of hydrogen-bond acceptors (Lipinski definition) is 4. The highest BCUT2D eigenvalue weighted by Crippen LogP contribution is 2.08. The molecule has 1 heterocycles. The number of aliphatic hydroxyl groups excluding tert-OH is 1. The van der Waals surface area contributed by atoms with Gasteiger partial charge in [-0.3, -0.25) is 4.79 Å². The van der Waals surface area contributed by atoms with Crippen molar-refractivity contribution in [2.24, 2.45) is 0 Å². The number of benzene rings is 1. The summed E-state index contributed by atoms with van der Waals surface area (Å²) >= 11 is 0. The van der Waals surface area contributed by atoms with Gasteiger partial charge in [0, 0.05) is 12.1 Å². The van der Waals surface area contributed by atoms with Crippen LogP contribution in [-0.2, 0) is 13.2 Å². The maximum Gasteiger partial charge on any atom is 0.290 e. The zero-order chi connectivity index (χ0) is 13.0. The van der Waals surface area contributed by atoms with Crippen molar-refractivity contribution in [1.82, 2.24) is 10.5 Å². The molecule has 5 nitrogen and oxygen atoms in total. The first-order chi connectivity index (χ1) is 8.70. The number of carbonyl (C=O) groups excluding carboxylic acids is 1. The lowest BCUT2D eigenvalue weighted by molar-refractivity contribution is 0.0913. The molecule has 0 radical (unpaired) electrons. The van der Waals surface area contributed by atoms with Gasteiger partial charge in [-0.25, -0.2) is 0 Å². The van der Waals surface area contributed by atoms with E-state index in [1.807, 2.05) is 24.3 Å². The summed E-state index contributed by atoms with van der Waals surface area (Å²) in [4.78, 5) is 11.8. The van der Waals surface area contributed by atoms with Crippen LogP contribution < -0.4 is 5.32 Å². The van der Waals surface area contributed by atoms with Crippen molar-refractivity contribution in [2.75, 3.05) is 0 Å². The second kappa shape index (κ2) is 5.46. The van der Waals surface area contributed by atoms with E-state index < -0.39 is 0 Å². The van der Waals surface area contributed by atoms with E-state index in [4.69, 9.17) is 9.63 Å². The second-order valence-electron chi connectivity index (χ2n) is 4.00. The lowest BCUT2D eigenvalue weighted by Crippen LogP contribution is -2.23. The molecule has 1 amide bonds. The van der Waals surface area contributed by atoms with Gasteiger partial charge in [0.05, 0.1) is 12.8 Å². The lowest BCUT2D eigenvalue weighted by Gasteiger charge is -2.05. The molecule has 0 saturated heterocycles. The van der Waals surface area contributed by atoms with Crippen molar-refractivity contribution in [2.45, 2.75) is 20.1 Å². The van der Waals surface area contributed by atoms with Crippen LogP contribution in [0.15, 0.2) is 35.0 Å². The molecule has 0 aliphatic carbocycles. The third-order valence-corrected chi connectivity index (χ3v) is 2.58. The van der Waals surface area contributed by atoms with Crippen LogP contribution in [0.5, 0.6) is 0 Å². The quantitative estimate of drug-likeness (QED) is 0.855. The Balaban J connectivity index is 1.99. The summed E-state index contributed by atoms with van der Waals surface area (Å²) in [6.07, 6.45) is 1.50. The van der Waals surface area contributed by atoms with Gasteiger partial charge in [0.15, 0.2) is 0 Å². The number of aryl methyl sites for hydroxylation is 1. The molecule has 0 aliphatic heterocycles. The van der Waals surface area contributed by atoms with Crippen molar-refractivity contribution < 1.29 is 14.4 Å². The van der Waals surface area contributed by atoms with E-state index in [1.165, 1.54) is 6.20 Å². The SMILES string of the molecule is Cc1cnoc1C(=O)NCc1cccc(CO)c1. The monoisotopic (exact) mass is 246 g/mol. The van der Waals surface area contributed by atoms with Crippen LogP contribution in [0, 0.1) is 6.92 Å². The number of amides is 1. The van der Waals surface area contributed by atoms with Crippen molar-refractivity contribution in [3.8, 4) is 0 Å². The molecule has 2 N–H and O–H groups in total. The van der Waals surface area contributed by atoms with Gasteiger partial charge in [-0.15, -0.1) is 0 Å². The third kappa shape index (κ3) is 2.75. The molecule has 0 atom stereocenters. The molecule has 94 valence electrons. The fourth-order valence-corrected chi connectivity index (χ4v) is 1.61. The smallest absolute Gasteiger partial charge is 0.290 e. The highest BCUT2D eigenvalue weighted by atomic mass is 16.5. The Morgan fingerprint density at radius 3 is 2.89 bits per heavy atom. The normalized spacial score (nSPS) is 10.3. The second-order valence-corrected chi connectivity index (χ2v) is 4.00. The fraction of sp³-hybridized carbons (Fsp3) is 0.231. The predicted octanol–water partition coefficient (Wildman–Crippen LogP) is 1.41. The molecule has 0 spiro atoms. The average Bonchev–Trinajstić information content (AvgIpc) is 2.82. The van der Waals surface area contributed by atoms with Gasteiger partial charge < -0.3 is 14.9 Å². The number of nitrogens with zero attached hydrogens (tertiary/aromatic N) is 1.